The molecule has 44 heavy (non-hydrogen) atoms. The summed E-state index contributed by atoms with van der Waals surface area (Å²) in [5.41, 5.74) is 6.91. The van der Waals surface area contributed by atoms with Gasteiger partial charge in [-0.1, -0.05) is 158 Å². The van der Waals surface area contributed by atoms with Crippen LogP contribution in [0.2, 0.25) is 6.32 Å². The molecule has 0 saturated carbocycles. The zero-order chi connectivity index (χ0) is 30.4. The molecule has 0 aliphatic carbocycles. The van der Waals surface area contributed by atoms with Crippen molar-refractivity contribution >= 4 is 67.6 Å². The highest BCUT2D eigenvalue weighted by atomic mass is 32.2. The predicted octanol–water partition coefficient (Wildman–Crippen LogP) is 8.22. The van der Waals surface area contributed by atoms with E-state index >= 15 is 0 Å². The number of hydrogen-bond acceptors (Lipinski definition) is 3. The normalized spacial score (nSPS) is 13.5. The zero-order valence-corrected chi connectivity index (χ0v) is 27.4. The minimum atomic E-state index is -0.913. The van der Waals surface area contributed by atoms with Crippen molar-refractivity contribution in [2.45, 2.75) is 31.0 Å². The highest BCUT2D eigenvalue weighted by Crippen LogP contribution is 2.45. The van der Waals surface area contributed by atoms with E-state index < -0.39 is 6.15 Å². The number of thioether (sulfide) groups is 1. The minimum Gasteiger partial charge on any atom is -0.338 e. The van der Waals surface area contributed by atoms with Crippen LogP contribution in [0.15, 0.2) is 149 Å². The monoisotopic (exact) mass is 610 g/mol. The number of aryl methyl sites for hydroxylation is 1. The Morgan fingerprint density at radius 1 is 0.682 bits per heavy atom. The van der Waals surface area contributed by atoms with Crippen molar-refractivity contribution < 1.29 is 4.57 Å². The highest BCUT2D eigenvalue weighted by molar-refractivity contribution is 8.03. The van der Waals surface area contributed by atoms with Gasteiger partial charge in [0.1, 0.15) is 11.7 Å². The van der Waals surface area contributed by atoms with E-state index in [2.05, 4.69) is 176 Å². The van der Waals surface area contributed by atoms with E-state index in [0.29, 0.717) is 0 Å². The SMILES string of the molecule is CCCC[B-](c1ccccc1)(c1ccccc1)c1ccccc1.CN1/C(=C/c2sc3ccccc3[n+]2C)Sc2ccccc21. The van der Waals surface area contributed by atoms with Gasteiger partial charge in [-0.25, -0.2) is 0 Å². The summed E-state index contributed by atoms with van der Waals surface area (Å²) in [6.07, 6.45) is 5.02. The first-order chi connectivity index (χ1) is 21.6. The lowest BCUT2D eigenvalue weighted by Crippen LogP contribution is -2.66. The molecule has 0 fully saturated rings. The van der Waals surface area contributed by atoms with Crippen LogP contribution in [-0.4, -0.2) is 13.2 Å². The molecule has 5 heteroatoms. The van der Waals surface area contributed by atoms with E-state index in [9.17, 15) is 0 Å². The molecule has 5 aromatic carbocycles. The lowest BCUT2D eigenvalue weighted by atomic mass is 9.14. The largest absolute Gasteiger partial charge is 0.338 e. The fourth-order valence-electron chi connectivity index (χ4n) is 6.53. The molecule has 0 atom stereocenters. The topological polar surface area (TPSA) is 7.12 Å². The van der Waals surface area contributed by atoms with Gasteiger partial charge in [-0.2, -0.15) is 27.3 Å². The first-order valence-electron chi connectivity index (χ1n) is 15.6. The minimum absolute atomic E-state index is 0.913. The molecule has 6 aromatic rings. The van der Waals surface area contributed by atoms with E-state index in [-0.39, 0.29) is 0 Å². The summed E-state index contributed by atoms with van der Waals surface area (Å²) >= 11 is 3.68. The van der Waals surface area contributed by atoms with Gasteiger partial charge < -0.3 is 4.90 Å². The number of nitrogens with zero attached hydrogens (tertiary/aromatic N) is 2. The average molecular weight is 611 g/mol. The number of thiazole rings is 1. The van der Waals surface area contributed by atoms with Gasteiger partial charge in [-0.05, 0) is 18.2 Å². The third-order valence-corrected chi connectivity index (χ3v) is 11.2. The highest BCUT2D eigenvalue weighted by Gasteiger charge is 2.29. The molecule has 1 aliphatic heterocycles. The standard InChI is InChI=1S/C22H24B.C17H15N2S2/c1-2-3-19-23(20-13-7-4-8-14-20,21-15-9-5-10-16-21)22-17-11-6-12-18-22;1-18-12-7-3-5-9-14(12)20-16(18)11-17-19(2)13-8-4-6-10-15(13)21-17/h4-18H,2-3,19H2,1H3;3-11H,1-2H3/q-1;+1. The molecule has 0 amide bonds. The number of para-hydroxylation sites is 2. The molecule has 1 aliphatic rings. The van der Waals surface area contributed by atoms with Gasteiger partial charge in [0.15, 0.2) is 0 Å². The van der Waals surface area contributed by atoms with Crippen LogP contribution in [0.25, 0.3) is 16.3 Å². The second-order valence-corrected chi connectivity index (χ2v) is 13.6. The lowest BCUT2D eigenvalue weighted by molar-refractivity contribution is -0.642. The summed E-state index contributed by atoms with van der Waals surface area (Å²) in [5.74, 6) is 0. The molecule has 0 saturated heterocycles. The number of hydrogen-bond donors (Lipinski definition) is 0. The quantitative estimate of drug-likeness (QED) is 0.133. The smallest absolute Gasteiger partial charge is 0.265 e. The average Bonchev–Trinajstić information content (AvgIpc) is 3.58. The number of aromatic nitrogens is 1. The molecular formula is C39H39BN2S2. The van der Waals surface area contributed by atoms with Gasteiger partial charge in [-0.3, -0.25) is 0 Å². The van der Waals surface area contributed by atoms with E-state index in [0.717, 1.165) is 0 Å². The molecule has 220 valence electrons. The Morgan fingerprint density at radius 3 is 1.75 bits per heavy atom. The van der Waals surface area contributed by atoms with Gasteiger partial charge in [0, 0.05) is 18.0 Å². The fraction of sp³-hybridized carbons (Fsp3) is 0.154. The molecule has 0 unspecified atom stereocenters. The Kier molecular flexibility index (Phi) is 9.35. The van der Waals surface area contributed by atoms with E-state index in [1.807, 2.05) is 23.1 Å². The van der Waals surface area contributed by atoms with Crippen LogP contribution in [0, 0.1) is 0 Å². The summed E-state index contributed by atoms with van der Waals surface area (Å²) in [6.45, 7) is 2.28. The number of rotatable bonds is 7. The predicted molar refractivity (Wildman–Crippen MR) is 195 cm³/mol. The number of unbranched alkanes of at least 4 members (excludes halogenated alkanes) is 1. The first kappa shape index (κ1) is 30.0. The number of anilines is 1. The molecule has 0 N–H and O–H groups in total. The summed E-state index contributed by atoms with van der Waals surface area (Å²) in [6, 6.07) is 50.3. The molecule has 2 heterocycles. The van der Waals surface area contributed by atoms with Crippen LogP contribution in [-0.2, 0) is 7.05 Å². The summed E-state index contributed by atoms with van der Waals surface area (Å²) in [4.78, 5) is 3.60. The summed E-state index contributed by atoms with van der Waals surface area (Å²) in [5, 5.41) is 2.55. The Balaban J connectivity index is 0.000000156. The molecule has 2 nitrogen and oxygen atoms in total. The second kappa shape index (κ2) is 13.7. The maximum Gasteiger partial charge on any atom is 0.265 e. The van der Waals surface area contributed by atoms with Crippen LogP contribution in [0.3, 0.4) is 0 Å². The van der Waals surface area contributed by atoms with Crippen LogP contribution >= 0.6 is 23.1 Å². The molecule has 0 bridgehead atoms. The van der Waals surface area contributed by atoms with Gasteiger partial charge >= 0.3 is 0 Å². The van der Waals surface area contributed by atoms with Crippen LogP contribution in [0.4, 0.5) is 5.69 Å². The first-order valence-corrected chi connectivity index (χ1v) is 17.2. The van der Waals surface area contributed by atoms with Crippen molar-refractivity contribution in [2.75, 3.05) is 11.9 Å². The Bertz CT molecular complexity index is 1750. The van der Waals surface area contributed by atoms with Crippen LogP contribution < -0.4 is 25.9 Å². The van der Waals surface area contributed by atoms with Crippen molar-refractivity contribution in [3.05, 3.63) is 150 Å². The van der Waals surface area contributed by atoms with Gasteiger partial charge in [0.2, 0.25) is 5.52 Å². The van der Waals surface area contributed by atoms with Gasteiger partial charge in [0.25, 0.3) is 5.01 Å². The van der Waals surface area contributed by atoms with Crippen LogP contribution in [0.1, 0.15) is 24.8 Å². The van der Waals surface area contributed by atoms with Gasteiger partial charge in [-0.15, -0.1) is 0 Å². The zero-order valence-electron chi connectivity index (χ0n) is 25.8. The Hall–Kier alpha value is -4.06. The molecule has 1 aromatic heterocycles. The summed E-state index contributed by atoms with van der Waals surface area (Å²) in [7, 11) is 4.27. The Morgan fingerprint density at radius 2 is 1.20 bits per heavy atom. The number of fused-ring (bicyclic) bond motifs is 2. The molecular weight excluding hydrogens is 571 g/mol. The maximum absolute atomic E-state index is 2.30. The van der Waals surface area contributed by atoms with Crippen LogP contribution in [0.5, 0.6) is 0 Å². The van der Waals surface area contributed by atoms with E-state index in [1.165, 1.54) is 66.4 Å². The van der Waals surface area contributed by atoms with Crippen molar-refractivity contribution in [3.63, 3.8) is 0 Å². The van der Waals surface area contributed by atoms with Gasteiger partial charge in [0.05, 0.1) is 22.9 Å². The molecule has 0 spiro atoms. The third kappa shape index (κ3) is 6.00. The van der Waals surface area contributed by atoms with Crippen molar-refractivity contribution in [2.24, 2.45) is 7.05 Å². The van der Waals surface area contributed by atoms with Crippen molar-refractivity contribution in [1.29, 1.82) is 0 Å². The van der Waals surface area contributed by atoms with E-state index in [1.54, 1.807) is 0 Å². The third-order valence-electron chi connectivity index (χ3n) is 8.89. The lowest BCUT2D eigenvalue weighted by Gasteiger charge is -2.43. The van der Waals surface area contributed by atoms with E-state index in [4.69, 9.17) is 0 Å². The summed E-state index contributed by atoms with van der Waals surface area (Å²) < 4.78 is 3.60. The van der Waals surface area contributed by atoms with Crippen molar-refractivity contribution in [3.8, 4) is 0 Å². The molecule has 0 radical (unpaired) electrons. The number of benzene rings is 5. The molecule has 7 rings (SSSR count). The Labute approximate surface area is 270 Å². The fourth-order valence-corrected chi connectivity index (χ4v) is 8.78. The van der Waals surface area contributed by atoms with Crippen molar-refractivity contribution in [1.82, 2.24) is 0 Å². The maximum atomic E-state index is 2.30. The second-order valence-electron chi connectivity index (χ2n) is 11.5.